The van der Waals surface area contributed by atoms with Gasteiger partial charge in [-0.1, -0.05) is 6.92 Å². The van der Waals surface area contributed by atoms with E-state index in [4.69, 9.17) is 0 Å². The summed E-state index contributed by atoms with van der Waals surface area (Å²) in [5.74, 6) is 0.146. The molecule has 2 fully saturated rings. The molecule has 1 aliphatic carbocycles. The Kier molecular flexibility index (Phi) is 5.41. The van der Waals surface area contributed by atoms with Crippen molar-refractivity contribution in [2.24, 2.45) is 5.92 Å². The molecular formula is C12H22ClN3O2. The van der Waals surface area contributed by atoms with Crippen LogP contribution in [0.4, 0.5) is 0 Å². The lowest BCUT2D eigenvalue weighted by atomic mass is 10.1. The summed E-state index contributed by atoms with van der Waals surface area (Å²) in [6, 6.07) is 0.467. The Morgan fingerprint density at radius 2 is 2.11 bits per heavy atom. The largest absolute Gasteiger partial charge is 0.336 e. The van der Waals surface area contributed by atoms with Gasteiger partial charge in [0.25, 0.3) is 0 Å². The van der Waals surface area contributed by atoms with Crippen LogP contribution in [0.5, 0.6) is 0 Å². The molecule has 1 unspecified atom stereocenters. The zero-order valence-electron chi connectivity index (χ0n) is 11.0. The molecule has 2 aliphatic rings. The van der Waals surface area contributed by atoms with Crippen LogP contribution in [0.15, 0.2) is 0 Å². The summed E-state index contributed by atoms with van der Waals surface area (Å²) in [5.41, 5.74) is 0. The fraction of sp³-hybridized carbons (Fsp3) is 0.833. The lowest BCUT2D eigenvalue weighted by Gasteiger charge is -2.35. The third kappa shape index (κ3) is 3.36. The Labute approximate surface area is 114 Å². The van der Waals surface area contributed by atoms with Gasteiger partial charge in [0.15, 0.2) is 0 Å². The second-order valence-electron chi connectivity index (χ2n) is 5.04. The molecule has 1 saturated carbocycles. The topological polar surface area (TPSA) is 52.7 Å². The van der Waals surface area contributed by atoms with E-state index in [0.29, 0.717) is 25.7 Å². The van der Waals surface area contributed by atoms with Crippen molar-refractivity contribution < 1.29 is 9.59 Å². The van der Waals surface area contributed by atoms with Crippen molar-refractivity contribution in [2.45, 2.75) is 25.8 Å². The Balaban J connectivity index is 0.00000162. The average molecular weight is 276 g/mol. The smallest absolute Gasteiger partial charge is 0.242 e. The average Bonchev–Trinajstić information content (AvgIpc) is 3.12. The van der Waals surface area contributed by atoms with Crippen molar-refractivity contribution in [3.05, 3.63) is 0 Å². The van der Waals surface area contributed by atoms with E-state index in [1.165, 1.54) is 0 Å². The fourth-order valence-corrected chi connectivity index (χ4v) is 2.35. The van der Waals surface area contributed by atoms with Crippen LogP contribution in [-0.4, -0.2) is 60.9 Å². The van der Waals surface area contributed by atoms with Crippen LogP contribution < -0.4 is 5.32 Å². The predicted octanol–water partition coefficient (Wildman–Crippen LogP) is 0.0969. The van der Waals surface area contributed by atoms with Gasteiger partial charge in [0.2, 0.25) is 11.8 Å². The molecule has 0 aromatic carbocycles. The Bertz CT molecular complexity index is 320. The maximum atomic E-state index is 12.0. The lowest BCUT2D eigenvalue weighted by molar-refractivity contribution is -0.147. The van der Waals surface area contributed by atoms with E-state index < -0.39 is 0 Å². The molecular weight excluding hydrogens is 254 g/mol. The number of carbonyl (C=O) groups is 2. The number of carbonyl (C=O) groups excluding carboxylic acids is 2. The third-order valence-corrected chi connectivity index (χ3v) is 3.49. The van der Waals surface area contributed by atoms with Gasteiger partial charge in [-0.25, -0.2) is 0 Å². The zero-order valence-corrected chi connectivity index (χ0v) is 11.8. The van der Waals surface area contributed by atoms with Crippen LogP contribution in [0, 0.1) is 5.92 Å². The lowest BCUT2D eigenvalue weighted by Crippen LogP contribution is -2.54. The third-order valence-electron chi connectivity index (χ3n) is 3.49. The highest BCUT2D eigenvalue weighted by Crippen LogP contribution is 2.28. The summed E-state index contributed by atoms with van der Waals surface area (Å²) in [5, 5.41) is 2.99. The van der Waals surface area contributed by atoms with Gasteiger partial charge in [-0.05, 0) is 19.9 Å². The summed E-state index contributed by atoms with van der Waals surface area (Å²) in [4.78, 5) is 27.6. The monoisotopic (exact) mass is 275 g/mol. The SMILES string of the molecule is CNCC(C)C(=O)N1CCN(C2CC2)C(=O)C1.Cl. The predicted molar refractivity (Wildman–Crippen MR) is 71.7 cm³/mol. The van der Waals surface area contributed by atoms with Crippen molar-refractivity contribution in [1.82, 2.24) is 15.1 Å². The molecule has 104 valence electrons. The molecule has 0 bridgehead atoms. The van der Waals surface area contributed by atoms with E-state index >= 15 is 0 Å². The molecule has 18 heavy (non-hydrogen) atoms. The van der Waals surface area contributed by atoms with E-state index in [9.17, 15) is 9.59 Å². The first-order valence-corrected chi connectivity index (χ1v) is 6.36. The number of hydrogen-bond donors (Lipinski definition) is 1. The van der Waals surface area contributed by atoms with Crippen LogP contribution >= 0.6 is 12.4 Å². The molecule has 1 heterocycles. The van der Waals surface area contributed by atoms with Crippen molar-refractivity contribution in [1.29, 1.82) is 0 Å². The van der Waals surface area contributed by atoms with Gasteiger partial charge in [-0.2, -0.15) is 0 Å². The summed E-state index contributed by atoms with van der Waals surface area (Å²) in [6.07, 6.45) is 2.27. The number of nitrogens with zero attached hydrogens (tertiary/aromatic N) is 2. The van der Waals surface area contributed by atoms with Crippen molar-refractivity contribution in [2.75, 3.05) is 33.2 Å². The van der Waals surface area contributed by atoms with E-state index in [2.05, 4.69) is 5.32 Å². The molecule has 5 nitrogen and oxygen atoms in total. The Morgan fingerprint density at radius 3 is 2.61 bits per heavy atom. The van der Waals surface area contributed by atoms with Crippen molar-refractivity contribution in [3.8, 4) is 0 Å². The van der Waals surface area contributed by atoms with Crippen LogP contribution in [0.25, 0.3) is 0 Å². The highest BCUT2D eigenvalue weighted by atomic mass is 35.5. The van der Waals surface area contributed by atoms with Gasteiger partial charge in [0, 0.05) is 31.6 Å². The minimum atomic E-state index is -0.0553. The molecule has 1 saturated heterocycles. The normalized spacial score (nSPS) is 21.6. The number of amides is 2. The second-order valence-corrected chi connectivity index (χ2v) is 5.04. The maximum absolute atomic E-state index is 12.0. The molecule has 2 rings (SSSR count). The summed E-state index contributed by atoms with van der Waals surface area (Å²) >= 11 is 0. The molecule has 0 aromatic heterocycles. The number of piperazine rings is 1. The minimum absolute atomic E-state index is 0. The van der Waals surface area contributed by atoms with Crippen molar-refractivity contribution in [3.63, 3.8) is 0 Å². The van der Waals surface area contributed by atoms with Crippen molar-refractivity contribution >= 4 is 24.2 Å². The van der Waals surface area contributed by atoms with Gasteiger partial charge >= 0.3 is 0 Å². The first-order chi connectivity index (χ1) is 8.13. The standard InChI is InChI=1S/C12H21N3O2.ClH/c1-9(7-13-2)12(17)14-5-6-15(10-3-4-10)11(16)8-14;/h9-10,13H,3-8H2,1-2H3;1H. The molecule has 1 N–H and O–H groups in total. The zero-order chi connectivity index (χ0) is 12.4. The van der Waals surface area contributed by atoms with Gasteiger partial charge in [0.1, 0.15) is 0 Å². The maximum Gasteiger partial charge on any atom is 0.242 e. The quantitative estimate of drug-likeness (QED) is 0.792. The van der Waals surface area contributed by atoms with E-state index in [1.54, 1.807) is 4.90 Å². The van der Waals surface area contributed by atoms with E-state index in [-0.39, 0.29) is 36.7 Å². The highest BCUT2D eigenvalue weighted by molar-refractivity contribution is 5.87. The summed E-state index contributed by atoms with van der Waals surface area (Å²) in [6.45, 7) is 4.23. The molecule has 0 radical (unpaired) electrons. The molecule has 0 spiro atoms. The van der Waals surface area contributed by atoms with E-state index in [1.807, 2.05) is 18.9 Å². The summed E-state index contributed by atoms with van der Waals surface area (Å²) in [7, 11) is 1.83. The Hall–Kier alpha value is -0.810. The number of halogens is 1. The van der Waals surface area contributed by atoms with Gasteiger partial charge in [0.05, 0.1) is 6.54 Å². The number of nitrogens with one attached hydrogen (secondary N) is 1. The molecule has 2 amide bonds. The van der Waals surface area contributed by atoms with Crippen LogP contribution in [0.1, 0.15) is 19.8 Å². The van der Waals surface area contributed by atoms with Gasteiger partial charge in [-0.3, -0.25) is 9.59 Å². The van der Waals surface area contributed by atoms with Crippen LogP contribution in [0.3, 0.4) is 0 Å². The van der Waals surface area contributed by atoms with Gasteiger partial charge < -0.3 is 15.1 Å². The summed E-state index contributed by atoms with van der Waals surface area (Å²) < 4.78 is 0. The molecule has 1 atom stereocenters. The van der Waals surface area contributed by atoms with Crippen LogP contribution in [-0.2, 0) is 9.59 Å². The minimum Gasteiger partial charge on any atom is -0.336 e. The second kappa shape index (κ2) is 6.38. The van der Waals surface area contributed by atoms with Crippen LogP contribution in [0.2, 0.25) is 0 Å². The van der Waals surface area contributed by atoms with E-state index in [0.717, 1.165) is 12.8 Å². The van der Waals surface area contributed by atoms with Gasteiger partial charge in [-0.15, -0.1) is 12.4 Å². The molecule has 6 heteroatoms. The first-order valence-electron chi connectivity index (χ1n) is 6.36. The number of rotatable bonds is 4. The highest BCUT2D eigenvalue weighted by Gasteiger charge is 2.37. The Morgan fingerprint density at radius 1 is 1.44 bits per heavy atom. The fourth-order valence-electron chi connectivity index (χ4n) is 2.35. The molecule has 1 aliphatic heterocycles. The first kappa shape index (κ1) is 15.2. The molecule has 0 aromatic rings. The number of hydrogen-bond acceptors (Lipinski definition) is 3.